The molecule has 42 heavy (non-hydrogen) atoms. The number of hydrogen-bond donors (Lipinski definition) is 3. The molecule has 0 saturated carbocycles. The minimum Gasteiger partial charge on any atom is -0.394 e. The smallest absolute Gasteiger partial charge is 0.352 e. The summed E-state index contributed by atoms with van der Waals surface area (Å²) >= 11 is 0. The predicted octanol–water partition coefficient (Wildman–Crippen LogP) is 0.792. The lowest BCUT2D eigenvalue weighted by Gasteiger charge is -2.35. The number of benzene rings is 2. The van der Waals surface area contributed by atoms with Gasteiger partial charge in [-0.15, -0.1) is 5.10 Å². The van der Waals surface area contributed by atoms with E-state index in [9.17, 15) is 19.8 Å². The van der Waals surface area contributed by atoms with E-state index in [0.717, 1.165) is 15.7 Å². The quantitative estimate of drug-likeness (QED) is 0.195. The number of rotatable bonds is 9. The van der Waals surface area contributed by atoms with E-state index in [0.29, 0.717) is 29.9 Å². The molecule has 0 amide bonds. The minimum atomic E-state index is -0.997. The Bertz CT molecular complexity index is 1740. The van der Waals surface area contributed by atoms with Crippen LogP contribution in [0.2, 0.25) is 0 Å². The topological polar surface area (TPSA) is 154 Å². The van der Waals surface area contributed by atoms with Gasteiger partial charge in [0.15, 0.2) is 0 Å². The Kier molecular flexibility index (Phi) is 6.66. The van der Waals surface area contributed by atoms with Gasteiger partial charge in [-0.3, -0.25) is 10.3 Å². The van der Waals surface area contributed by atoms with E-state index in [1.54, 1.807) is 35.1 Å². The molecule has 4 aromatic rings. The molecule has 3 N–H and O–H groups in total. The first-order valence-corrected chi connectivity index (χ1v) is 14.0. The lowest BCUT2D eigenvalue weighted by molar-refractivity contribution is -0.00714. The highest BCUT2D eigenvalue weighted by Crippen LogP contribution is 2.46. The van der Waals surface area contributed by atoms with Crippen molar-refractivity contribution >= 4 is 0 Å². The molecule has 2 aromatic carbocycles. The van der Waals surface area contributed by atoms with Crippen LogP contribution >= 0.6 is 0 Å². The number of fused-ring (bicyclic) bond motifs is 4. The highest BCUT2D eigenvalue weighted by molar-refractivity contribution is 5.35. The van der Waals surface area contributed by atoms with Crippen molar-refractivity contribution in [3.8, 4) is 5.69 Å². The summed E-state index contributed by atoms with van der Waals surface area (Å²) in [5, 5.41) is 29.6. The predicted molar refractivity (Wildman–Crippen MR) is 149 cm³/mol. The summed E-state index contributed by atoms with van der Waals surface area (Å²) in [6.45, 7) is 1.99. The van der Waals surface area contributed by atoms with Gasteiger partial charge in [0.1, 0.15) is 36.2 Å². The normalized spacial score (nSPS) is 24.0. The lowest BCUT2D eigenvalue weighted by Crippen LogP contribution is -2.47. The second-order valence-corrected chi connectivity index (χ2v) is 10.9. The lowest BCUT2D eigenvalue weighted by atomic mass is 9.86. The van der Waals surface area contributed by atoms with E-state index in [2.05, 4.69) is 15.8 Å². The molecule has 2 aromatic heterocycles. The molecule has 1 aliphatic carbocycles. The first kappa shape index (κ1) is 26.6. The zero-order valence-corrected chi connectivity index (χ0v) is 22.9. The van der Waals surface area contributed by atoms with Crippen LogP contribution in [0.1, 0.15) is 42.8 Å². The maximum Gasteiger partial charge on any atom is 0.352 e. The number of aliphatic hydroxyl groups excluding tert-OH is 2. The van der Waals surface area contributed by atoms with Crippen molar-refractivity contribution in [1.29, 1.82) is 0 Å². The fraction of sp³-hybridized carbons (Fsp3) is 0.379. The van der Waals surface area contributed by atoms with Gasteiger partial charge in [0.05, 0.1) is 30.2 Å². The third kappa shape index (κ3) is 4.41. The Balaban J connectivity index is 1.13. The molecule has 13 nitrogen and oxygen atoms in total. The van der Waals surface area contributed by atoms with Crippen LogP contribution in [0.15, 0.2) is 87.7 Å². The number of aromatic nitrogens is 6. The third-order valence-electron chi connectivity index (χ3n) is 8.29. The molecule has 0 spiro atoms. The van der Waals surface area contributed by atoms with Crippen LogP contribution < -0.4 is 16.9 Å². The highest BCUT2D eigenvalue weighted by Gasteiger charge is 2.57. The minimum absolute atomic E-state index is 0.0952. The number of ether oxygens (including phenoxy) is 1. The van der Waals surface area contributed by atoms with Gasteiger partial charge in [-0.2, -0.15) is 0 Å². The van der Waals surface area contributed by atoms with Crippen LogP contribution in [0.4, 0.5) is 0 Å². The highest BCUT2D eigenvalue weighted by atomic mass is 16.7. The fourth-order valence-corrected chi connectivity index (χ4v) is 6.03. The fourth-order valence-electron chi connectivity index (χ4n) is 6.03. The van der Waals surface area contributed by atoms with E-state index in [1.807, 2.05) is 43.3 Å². The molecule has 218 valence electrons. The molecule has 4 heterocycles. The van der Waals surface area contributed by atoms with Crippen molar-refractivity contribution in [2.24, 2.45) is 0 Å². The van der Waals surface area contributed by atoms with E-state index in [4.69, 9.17) is 9.57 Å². The van der Waals surface area contributed by atoms with Crippen LogP contribution in [0, 0.1) is 0 Å². The van der Waals surface area contributed by atoms with Gasteiger partial charge >= 0.3 is 11.4 Å². The number of aliphatic hydroxyl groups is 2. The largest absolute Gasteiger partial charge is 0.394 e. The van der Waals surface area contributed by atoms with Crippen molar-refractivity contribution < 1.29 is 19.8 Å². The van der Waals surface area contributed by atoms with Crippen LogP contribution in [0.5, 0.6) is 0 Å². The van der Waals surface area contributed by atoms with Crippen molar-refractivity contribution in [3.05, 3.63) is 110 Å². The van der Waals surface area contributed by atoms with Gasteiger partial charge in [-0.1, -0.05) is 53.7 Å². The molecule has 1 fully saturated rings. The second kappa shape index (κ2) is 10.5. The van der Waals surface area contributed by atoms with Crippen LogP contribution in [0.25, 0.3) is 5.69 Å². The zero-order valence-electron chi connectivity index (χ0n) is 22.9. The third-order valence-corrected chi connectivity index (χ3v) is 8.29. The van der Waals surface area contributed by atoms with Crippen LogP contribution in [0.3, 0.4) is 0 Å². The molecule has 6 atom stereocenters. The summed E-state index contributed by atoms with van der Waals surface area (Å²) < 4.78 is 11.3. The Morgan fingerprint density at radius 1 is 1.10 bits per heavy atom. The van der Waals surface area contributed by atoms with Crippen molar-refractivity contribution in [2.75, 3.05) is 6.61 Å². The van der Waals surface area contributed by atoms with Crippen LogP contribution in [-0.4, -0.2) is 64.1 Å². The average Bonchev–Trinajstić information content (AvgIpc) is 3.59. The molecule has 2 aliphatic heterocycles. The van der Waals surface area contributed by atoms with Crippen molar-refractivity contribution in [1.82, 2.24) is 34.4 Å². The first-order valence-electron chi connectivity index (χ1n) is 14.0. The standard InChI is InChI=1S/C29H31N7O6/c1-17(22-15-33(32-30-22)20(16-37)14-18-8-4-2-5-9-18)42-31-23-21-12-13-34-28(39)35(19-10-6-3-7-11-19)29(40)36(34)24(21)25(38)27-26(23)41-27/h2-11,15,17,20,24-27,31,37-38H,12-14,16H2,1H3/t17-,20+,24-,25+,26-,27+/m1/s1. The number of epoxide rings is 1. The summed E-state index contributed by atoms with van der Waals surface area (Å²) in [4.78, 5) is 32.8. The van der Waals surface area contributed by atoms with Gasteiger partial charge < -0.3 is 14.9 Å². The average molecular weight is 574 g/mol. The van der Waals surface area contributed by atoms with Crippen LogP contribution in [-0.2, 0) is 22.5 Å². The second-order valence-electron chi connectivity index (χ2n) is 10.9. The van der Waals surface area contributed by atoms with Gasteiger partial charge in [-0.05, 0) is 43.0 Å². The number of nitrogens with zero attached hydrogens (tertiary/aromatic N) is 6. The number of nitrogens with one attached hydrogen (secondary N) is 1. The Hall–Kier alpha value is -4.30. The summed E-state index contributed by atoms with van der Waals surface area (Å²) in [6.07, 6.45) is 0.340. The molecule has 13 heteroatoms. The Morgan fingerprint density at radius 2 is 1.83 bits per heavy atom. The summed E-state index contributed by atoms with van der Waals surface area (Å²) in [5.41, 5.74) is 5.57. The molecule has 0 bridgehead atoms. The summed E-state index contributed by atoms with van der Waals surface area (Å²) in [7, 11) is 0. The monoisotopic (exact) mass is 573 g/mol. The first-order chi connectivity index (χ1) is 20.5. The summed E-state index contributed by atoms with van der Waals surface area (Å²) in [5.74, 6) is 0. The number of hydroxylamine groups is 1. The van der Waals surface area contributed by atoms with E-state index in [1.165, 1.54) is 9.36 Å². The maximum atomic E-state index is 13.6. The van der Waals surface area contributed by atoms with Gasteiger partial charge in [-0.25, -0.2) is 28.2 Å². The Labute approximate surface area is 239 Å². The van der Waals surface area contributed by atoms with Gasteiger partial charge in [0.25, 0.3) is 0 Å². The molecule has 1 saturated heterocycles. The molecule has 7 rings (SSSR count). The number of para-hydroxylation sites is 1. The molecule has 3 aliphatic rings. The Morgan fingerprint density at radius 3 is 2.57 bits per heavy atom. The molecule has 0 radical (unpaired) electrons. The number of hydrogen-bond acceptors (Lipinski definition) is 9. The van der Waals surface area contributed by atoms with E-state index >= 15 is 0 Å². The van der Waals surface area contributed by atoms with Crippen molar-refractivity contribution in [3.63, 3.8) is 0 Å². The van der Waals surface area contributed by atoms with Gasteiger partial charge in [0, 0.05) is 6.54 Å². The zero-order chi connectivity index (χ0) is 29.0. The molecular weight excluding hydrogens is 542 g/mol. The van der Waals surface area contributed by atoms with Gasteiger partial charge in [0.2, 0.25) is 0 Å². The maximum absolute atomic E-state index is 13.6. The summed E-state index contributed by atoms with van der Waals surface area (Å²) in [6, 6.07) is 17.5. The van der Waals surface area contributed by atoms with E-state index < -0.39 is 41.8 Å². The SMILES string of the molecule is C[C@@H](ONC1=C2CCn3c(=O)n(-c4ccccc4)c(=O)n3[C@H]2[C@H](O)[C@@H]2O[C@H]12)c1cn([C@H](CO)Cc2ccccc2)nn1. The van der Waals surface area contributed by atoms with Crippen molar-refractivity contribution in [2.45, 2.75) is 62.8 Å². The molecule has 0 unspecified atom stereocenters. The molecular formula is C29H31N7O6. The van der Waals surface area contributed by atoms with E-state index in [-0.39, 0.29) is 19.2 Å².